The number of esters is 1. The summed E-state index contributed by atoms with van der Waals surface area (Å²) in [6, 6.07) is 20.0. The summed E-state index contributed by atoms with van der Waals surface area (Å²) in [4.78, 5) is 28.8. The Kier molecular flexibility index (Phi) is 9.63. The summed E-state index contributed by atoms with van der Waals surface area (Å²) in [6.45, 7) is 3.65. The first-order valence-electron chi connectivity index (χ1n) is 12.3. The lowest BCUT2D eigenvalue weighted by Crippen LogP contribution is -2.49. The quantitative estimate of drug-likeness (QED) is 0.324. The van der Waals surface area contributed by atoms with Crippen molar-refractivity contribution >= 4 is 35.1 Å². The van der Waals surface area contributed by atoms with Gasteiger partial charge in [0.25, 0.3) is 5.91 Å². The molecule has 0 aliphatic carbocycles. The van der Waals surface area contributed by atoms with Crippen LogP contribution in [0.1, 0.15) is 37.9 Å². The number of hydrogen-bond donors (Lipinski definition) is 0. The molecule has 3 aromatic rings. The fraction of sp³-hybridized carbons (Fsp3) is 0.310. The molecule has 1 fully saturated rings. The predicted octanol–water partition coefficient (Wildman–Crippen LogP) is 5.50. The molecule has 0 radical (unpaired) electrons. The van der Waals surface area contributed by atoms with Gasteiger partial charge in [-0.15, -0.1) is 0 Å². The van der Waals surface area contributed by atoms with Gasteiger partial charge in [-0.05, 0) is 53.6 Å². The van der Waals surface area contributed by atoms with E-state index in [-0.39, 0.29) is 18.0 Å². The lowest BCUT2D eigenvalue weighted by atomic mass is 10.1. The second kappa shape index (κ2) is 13.1. The Morgan fingerprint density at radius 3 is 2.24 bits per heavy atom. The predicted molar refractivity (Wildman–Crippen MR) is 147 cm³/mol. The summed E-state index contributed by atoms with van der Waals surface area (Å²) in [5, 5.41) is 0.797. The number of carbonyl (C=O) groups is 2. The molecule has 0 N–H and O–H groups in total. The molecule has 4 rings (SSSR count). The summed E-state index contributed by atoms with van der Waals surface area (Å²) in [6.07, 6.45) is -0.220. The molecule has 0 spiro atoms. The highest BCUT2D eigenvalue weighted by Crippen LogP contribution is 2.26. The molecule has 9 heteroatoms. The minimum atomic E-state index is -0.372. The number of methoxy groups -OCH3 is 2. The van der Waals surface area contributed by atoms with E-state index in [9.17, 15) is 9.59 Å². The maximum atomic E-state index is 13.0. The molecule has 1 amide bonds. The van der Waals surface area contributed by atoms with Crippen LogP contribution in [0.15, 0.2) is 66.7 Å². The molecule has 1 aliphatic heterocycles. The first-order chi connectivity index (χ1) is 18.4. The van der Waals surface area contributed by atoms with Gasteiger partial charge in [0, 0.05) is 38.3 Å². The van der Waals surface area contributed by atoms with E-state index >= 15 is 0 Å². The number of carbonyl (C=O) groups excluding carboxylic acids is 2. The molecule has 1 aliphatic rings. The third-order valence-electron chi connectivity index (χ3n) is 6.54. The molecule has 1 atom stereocenters. The van der Waals surface area contributed by atoms with Gasteiger partial charge in [-0.3, -0.25) is 9.69 Å². The van der Waals surface area contributed by atoms with Crippen LogP contribution in [0.3, 0.4) is 0 Å². The topological polar surface area (TPSA) is 68.3 Å². The maximum absolute atomic E-state index is 13.0. The van der Waals surface area contributed by atoms with Crippen LogP contribution >= 0.6 is 23.2 Å². The minimum absolute atomic E-state index is 0.0563. The van der Waals surface area contributed by atoms with Crippen molar-refractivity contribution in [2.45, 2.75) is 12.7 Å². The van der Waals surface area contributed by atoms with Crippen molar-refractivity contribution < 1.29 is 23.8 Å². The summed E-state index contributed by atoms with van der Waals surface area (Å²) < 4.78 is 16.6. The van der Waals surface area contributed by atoms with E-state index in [1.165, 1.54) is 7.11 Å². The zero-order chi connectivity index (χ0) is 27.1. The van der Waals surface area contributed by atoms with Gasteiger partial charge >= 0.3 is 5.97 Å². The van der Waals surface area contributed by atoms with Crippen LogP contribution in [-0.2, 0) is 16.1 Å². The van der Waals surface area contributed by atoms with Crippen molar-refractivity contribution in [1.29, 1.82) is 0 Å². The van der Waals surface area contributed by atoms with Crippen LogP contribution in [0.2, 0.25) is 10.0 Å². The van der Waals surface area contributed by atoms with E-state index in [1.807, 2.05) is 41.3 Å². The van der Waals surface area contributed by atoms with Crippen molar-refractivity contribution in [3.63, 3.8) is 0 Å². The van der Waals surface area contributed by atoms with E-state index < -0.39 is 0 Å². The Balaban J connectivity index is 1.40. The fourth-order valence-electron chi connectivity index (χ4n) is 4.33. The van der Waals surface area contributed by atoms with Crippen LogP contribution < -0.4 is 4.74 Å². The summed E-state index contributed by atoms with van der Waals surface area (Å²) in [5.74, 6) is 0.332. The molecule has 3 aromatic carbocycles. The average molecular weight is 557 g/mol. The number of piperazine rings is 1. The van der Waals surface area contributed by atoms with Gasteiger partial charge in [0.05, 0.1) is 42.5 Å². The molecular weight excluding hydrogens is 527 g/mol. The Morgan fingerprint density at radius 2 is 1.58 bits per heavy atom. The highest BCUT2D eigenvalue weighted by molar-refractivity contribution is 6.42. The summed E-state index contributed by atoms with van der Waals surface area (Å²) >= 11 is 12.1. The summed E-state index contributed by atoms with van der Waals surface area (Å²) in [5.41, 5.74) is 2.98. The van der Waals surface area contributed by atoms with Gasteiger partial charge in [0.15, 0.2) is 0 Å². The Labute approximate surface area is 232 Å². The molecule has 0 bridgehead atoms. The normalized spacial score (nSPS) is 14.7. The van der Waals surface area contributed by atoms with Crippen molar-refractivity contribution in [2.24, 2.45) is 0 Å². The molecule has 1 heterocycles. The van der Waals surface area contributed by atoms with Gasteiger partial charge in [0.1, 0.15) is 5.75 Å². The van der Waals surface area contributed by atoms with Gasteiger partial charge in [-0.2, -0.15) is 0 Å². The fourth-order valence-corrected chi connectivity index (χ4v) is 4.63. The van der Waals surface area contributed by atoms with Crippen LogP contribution in [0.4, 0.5) is 0 Å². The third-order valence-corrected chi connectivity index (χ3v) is 7.28. The second-order valence-electron chi connectivity index (χ2n) is 8.99. The van der Waals surface area contributed by atoms with E-state index in [0.717, 1.165) is 16.9 Å². The van der Waals surface area contributed by atoms with E-state index in [0.29, 0.717) is 60.5 Å². The molecule has 1 unspecified atom stereocenters. The van der Waals surface area contributed by atoms with Gasteiger partial charge in [-0.1, -0.05) is 47.5 Å². The Morgan fingerprint density at radius 1 is 0.868 bits per heavy atom. The largest absolute Gasteiger partial charge is 0.497 e. The number of amides is 1. The molecule has 7 nitrogen and oxygen atoms in total. The standard InChI is InChI=1S/C29H30Cl2N2O5/c1-36-24-5-3-4-22(16-24)27(38-19-20-6-8-21(9-7-20)29(35)37-2)18-32-12-14-33(15-13-32)28(34)23-10-11-25(30)26(31)17-23/h3-11,16-17,27H,12-15,18-19H2,1-2H3. The SMILES string of the molecule is COC(=O)c1ccc(COC(CN2CCN(C(=O)c3ccc(Cl)c(Cl)c3)CC2)c2cccc(OC)c2)cc1. The molecule has 0 saturated carbocycles. The highest BCUT2D eigenvalue weighted by atomic mass is 35.5. The number of nitrogens with zero attached hydrogens (tertiary/aromatic N) is 2. The average Bonchev–Trinajstić information content (AvgIpc) is 2.96. The van der Waals surface area contributed by atoms with Crippen molar-refractivity contribution in [3.05, 3.63) is 99.0 Å². The first kappa shape index (κ1) is 27.9. The molecule has 1 saturated heterocycles. The second-order valence-corrected chi connectivity index (χ2v) is 9.80. The lowest BCUT2D eigenvalue weighted by Gasteiger charge is -2.36. The van der Waals surface area contributed by atoms with Crippen LogP contribution in [0.25, 0.3) is 0 Å². The van der Waals surface area contributed by atoms with Crippen LogP contribution in [-0.4, -0.2) is 68.6 Å². The maximum Gasteiger partial charge on any atom is 0.337 e. The van der Waals surface area contributed by atoms with Crippen molar-refractivity contribution in [3.8, 4) is 5.75 Å². The van der Waals surface area contributed by atoms with Gasteiger partial charge in [0.2, 0.25) is 0 Å². The zero-order valence-corrected chi connectivity index (χ0v) is 22.9. The van der Waals surface area contributed by atoms with E-state index in [1.54, 1.807) is 37.4 Å². The molecule has 38 heavy (non-hydrogen) atoms. The number of halogens is 2. The third kappa shape index (κ3) is 7.05. The minimum Gasteiger partial charge on any atom is -0.497 e. The summed E-state index contributed by atoms with van der Waals surface area (Å²) in [7, 11) is 3.00. The van der Waals surface area contributed by atoms with Crippen molar-refractivity contribution in [2.75, 3.05) is 46.9 Å². The van der Waals surface area contributed by atoms with E-state index in [4.69, 9.17) is 37.4 Å². The molecule has 200 valence electrons. The lowest BCUT2D eigenvalue weighted by molar-refractivity contribution is 0.00331. The molecular formula is C29H30Cl2N2O5. The number of hydrogen-bond acceptors (Lipinski definition) is 6. The smallest absolute Gasteiger partial charge is 0.337 e. The Hall–Kier alpha value is -3.10. The number of ether oxygens (including phenoxy) is 3. The van der Waals surface area contributed by atoms with Gasteiger partial charge < -0.3 is 19.1 Å². The highest BCUT2D eigenvalue weighted by Gasteiger charge is 2.25. The number of benzene rings is 3. The van der Waals surface area contributed by atoms with Crippen LogP contribution in [0, 0.1) is 0 Å². The van der Waals surface area contributed by atoms with Crippen LogP contribution in [0.5, 0.6) is 5.75 Å². The van der Waals surface area contributed by atoms with E-state index in [2.05, 4.69) is 4.90 Å². The zero-order valence-electron chi connectivity index (χ0n) is 21.4. The monoisotopic (exact) mass is 556 g/mol. The Bertz CT molecular complexity index is 1260. The van der Waals surface area contributed by atoms with Crippen molar-refractivity contribution in [1.82, 2.24) is 9.80 Å². The number of rotatable bonds is 9. The first-order valence-corrected chi connectivity index (χ1v) is 13.0. The molecule has 0 aromatic heterocycles. The van der Waals surface area contributed by atoms with Gasteiger partial charge in [-0.25, -0.2) is 4.79 Å².